The van der Waals surface area contributed by atoms with Crippen molar-refractivity contribution in [2.45, 2.75) is 89.2 Å². The molecule has 1 aromatic rings. The fraction of sp³-hybridized carbons (Fsp3) is 0.750. The molecular formula is C24H30O8. The van der Waals surface area contributed by atoms with Gasteiger partial charge in [-0.05, 0) is 25.3 Å². The summed E-state index contributed by atoms with van der Waals surface area (Å²) in [5, 5.41) is 0. The zero-order chi connectivity index (χ0) is 22.7. The van der Waals surface area contributed by atoms with Gasteiger partial charge < -0.3 is 28.1 Å². The predicted molar refractivity (Wildman–Crippen MR) is 108 cm³/mol. The lowest BCUT2D eigenvalue weighted by Gasteiger charge is -2.67. The number of carbonyl (C=O) groups is 2. The van der Waals surface area contributed by atoms with Crippen LogP contribution in [0.2, 0.25) is 0 Å². The van der Waals surface area contributed by atoms with Gasteiger partial charge in [-0.25, -0.2) is 0 Å². The van der Waals surface area contributed by atoms with Gasteiger partial charge in [-0.1, -0.05) is 13.8 Å². The lowest BCUT2D eigenvalue weighted by molar-refractivity contribution is -0.396. The number of ether oxygens (including phenoxy) is 5. The van der Waals surface area contributed by atoms with Gasteiger partial charge in [0.25, 0.3) is 0 Å². The van der Waals surface area contributed by atoms with Crippen molar-refractivity contribution in [3.8, 4) is 0 Å². The Balaban J connectivity index is 1.57. The normalized spacial score (nSPS) is 52.5. The van der Waals surface area contributed by atoms with E-state index < -0.39 is 34.6 Å². The van der Waals surface area contributed by atoms with E-state index in [4.69, 9.17) is 28.1 Å². The molecule has 8 heteroatoms. The zero-order valence-corrected chi connectivity index (χ0v) is 19.1. The molecule has 2 saturated carbocycles. The van der Waals surface area contributed by atoms with Gasteiger partial charge in [-0.15, -0.1) is 0 Å². The van der Waals surface area contributed by atoms with Crippen LogP contribution >= 0.6 is 0 Å². The first-order valence-electron chi connectivity index (χ1n) is 11.4. The van der Waals surface area contributed by atoms with Crippen LogP contribution in [0.4, 0.5) is 0 Å². The molecular weight excluding hydrogens is 416 g/mol. The van der Waals surface area contributed by atoms with E-state index in [0.717, 1.165) is 5.56 Å². The minimum absolute atomic E-state index is 0.160. The molecule has 174 valence electrons. The second kappa shape index (κ2) is 5.96. The molecule has 8 nitrogen and oxygen atoms in total. The largest absolute Gasteiger partial charge is 0.472 e. The van der Waals surface area contributed by atoms with Gasteiger partial charge in [0.1, 0.15) is 23.9 Å². The Morgan fingerprint density at radius 2 is 1.91 bits per heavy atom. The summed E-state index contributed by atoms with van der Waals surface area (Å²) in [6, 6.07) is 1.88. The SMILES string of the molecule is CC(=O)OC1CC23OC4(c5ccoc5)CC2(C)C(C)CC(OC(C)=O)C3(CO4)C2(C)OC12. The molecule has 32 heavy (non-hydrogen) atoms. The van der Waals surface area contributed by atoms with E-state index in [0.29, 0.717) is 25.9 Å². The summed E-state index contributed by atoms with van der Waals surface area (Å²) in [7, 11) is 0. The second-order valence-corrected chi connectivity index (χ2v) is 10.8. The summed E-state index contributed by atoms with van der Waals surface area (Å²) in [6.07, 6.45) is 3.91. The highest BCUT2D eigenvalue weighted by atomic mass is 16.7. The Kier molecular flexibility index (Phi) is 3.85. The van der Waals surface area contributed by atoms with Gasteiger partial charge >= 0.3 is 11.9 Å². The van der Waals surface area contributed by atoms with Crippen molar-refractivity contribution in [3.63, 3.8) is 0 Å². The van der Waals surface area contributed by atoms with Crippen molar-refractivity contribution >= 4 is 11.9 Å². The lowest BCUT2D eigenvalue weighted by atomic mass is 9.41. The predicted octanol–water partition coefficient (Wildman–Crippen LogP) is 3.08. The number of furan rings is 1. The molecule has 6 rings (SSSR count). The molecule has 2 aliphatic carbocycles. The van der Waals surface area contributed by atoms with Crippen molar-refractivity contribution in [1.82, 2.24) is 0 Å². The number of rotatable bonds is 3. The number of fused-ring (bicyclic) bond motifs is 2. The Labute approximate surface area is 186 Å². The zero-order valence-electron chi connectivity index (χ0n) is 19.1. The van der Waals surface area contributed by atoms with Gasteiger partial charge in [0, 0.05) is 37.7 Å². The molecule has 9 unspecified atom stereocenters. The van der Waals surface area contributed by atoms with Crippen molar-refractivity contribution < 1.29 is 37.7 Å². The average molecular weight is 446 g/mol. The minimum atomic E-state index is -0.969. The fourth-order valence-electron chi connectivity index (χ4n) is 7.92. The third-order valence-corrected chi connectivity index (χ3v) is 9.48. The van der Waals surface area contributed by atoms with Crippen LogP contribution in [0.15, 0.2) is 23.0 Å². The Morgan fingerprint density at radius 3 is 2.56 bits per heavy atom. The van der Waals surface area contributed by atoms with Crippen LogP contribution in [-0.2, 0) is 39.1 Å². The molecule has 0 N–H and O–H groups in total. The molecule has 4 heterocycles. The second-order valence-electron chi connectivity index (χ2n) is 10.8. The van der Waals surface area contributed by atoms with Gasteiger partial charge in [-0.2, -0.15) is 0 Å². The van der Waals surface area contributed by atoms with E-state index in [9.17, 15) is 9.59 Å². The van der Waals surface area contributed by atoms with E-state index in [1.165, 1.54) is 13.8 Å². The number of epoxide rings is 1. The van der Waals surface area contributed by atoms with Crippen molar-refractivity contribution in [1.29, 1.82) is 0 Å². The Morgan fingerprint density at radius 1 is 1.16 bits per heavy atom. The Bertz CT molecular complexity index is 990. The minimum Gasteiger partial charge on any atom is -0.472 e. The first kappa shape index (κ1) is 20.7. The number of hydrogen-bond acceptors (Lipinski definition) is 8. The van der Waals surface area contributed by atoms with E-state index in [-0.39, 0.29) is 29.4 Å². The van der Waals surface area contributed by atoms with Crippen LogP contribution in [0.25, 0.3) is 0 Å². The highest BCUT2D eigenvalue weighted by molar-refractivity contribution is 5.67. The van der Waals surface area contributed by atoms with Gasteiger partial charge in [0.15, 0.2) is 5.79 Å². The highest BCUT2D eigenvalue weighted by Crippen LogP contribution is 2.80. The molecule has 3 aliphatic heterocycles. The summed E-state index contributed by atoms with van der Waals surface area (Å²) in [5.41, 5.74) is -1.72. The van der Waals surface area contributed by atoms with E-state index in [1.807, 2.05) is 13.0 Å². The third-order valence-electron chi connectivity index (χ3n) is 9.48. The monoisotopic (exact) mass is 446 g/mol. The summed E-state index contributed by atoms with van der Waals surface area (Å²) in [4.78, 5) is 24.2. The maximum atomic E-state index is 12.2. The smallest absolute Gasteiger partial charge is 0.302 e. The molecule has 0 amide bonds. The highest BCUT2D eigenvalue weighted by Gasteiger charge is 2.91. The van der Waals surface area contributed by atoms with Crippen molar-refractivity contribution in [3.05, 3.63) is 24.2 Å². The summed E-state index contributed by atoms with van der Waals surface area (Å²) >= 11 is 0. The van der Waals surface area contributed by atoms with Crippen LogP contribution in [0.5, 0.6) is 0 Å². The number of hydrogen-bond donors (Lipinski definition) is 0. The first-order chi connectivity index (χ1) is 15.0. The first-order valence-corrected chi connectivity index (χ1v) is 11.4. The van der Waals surface area contributed by atoms with Crippen LogP contribution in [0.3, 0.4) is 0 Å². The molecule has 2 bridgehead atoms. The van der Waals surface area contributed by atoms with Crippen LogP contribution in [0.1, 0.15) is 59.4 Å². The van der Waals surface area contributed by atoms with Crippen molar-refractivity contribution in [2.75, 3.05) is 6.61 Å². The molecule has 0 radical (unpaired) electrons. The molecule has 1 spiro atoms. The molecule has 1 aromatic heterocycles. The molecule has 5 aliphatic rings. The van der Waals surface area contributed by atoms with E-state index in [2.05, 4.69) is 13.8 Å². The summed E-state index contributed by atoms with van der Waals surface area (Å²) in [5.74, 6) is -1.48. The maximum absolute atomic E-state index is 12.2. The molecule has 9 atom stereocenters. The van der Waals surface area contributed by atoms with Crippen LogP contribution in [0, 0.1) is 16.7 Å². The van der Waals surface area contributed by atoms with Crippen molar-refractivity contribution in [2.24, 2.45) is 16.7 Å². The maximum Gasteiger partial charge on any atom is 0.302 e. The summed E-state index contributed by atoms with van der Waals surface area (Å²) < 4.78 is 37.2. The van der Waals surface area contributed by atoms with Crippen LogP contribution in [-0.4, -0.2) is 48.1 Å². The van der Waals surface area contributed by atoms with Gasteiger partial charge in [-0.3, -0.25) is 9.59 Å². The standard InChI is InChI=1S/C24H30O8/c1-13-8-18(30-15(3)26)22-12-28-23(16-6-7-27-10-16)11-20(13,4)24(22,32-23)9-17(29-14(2)25)19-21(22,5)31-19/h6-7,10,13,17-19H,8-9,11-12H2,1-5H3. The van der Waals surface area contributed by atoms with E-state index in [1.54, 1.807) is 12.5 Å². The number of carbonyl (C=O) groups excluding carboxylic acids is 2. The van der Waals surface area contributed by atoms with Gasteiger partial charge in [0.2, 0.25) is 0 Å². The molecule has 3 saturated heterocycles. The topological polar surface area (TPSA) is 96.7 Å². The fourth-order valence-corrected chi connectivity index (χ4v) is 7.92. The Hall–Kier alpha value is -1.90. The molecule has 0 aromatic carbocycles. The summed E-state index contributed by atoms with van der Waals surface area (Å²) in [6.45, 7) is 9.63. The lowest BCUT2D eigenvalue weighted by Crippen LogP contribution is -2.78. The molecule has 5 fully saturated rings. The van der Waals surface area contributed by atoms with E-state index >= 15 is 0 Å². The van der Waals surface area contributed by atoms with Crippen LogP contribution < -0.4 is 0 Å². The quantitative estimate of drug-likeness (QED) is 0.516. The van der Waals surface area contributed by atoms with Gasteiger partial charge in [0.05, 0.1) is 30.1 Å². The average Bonchev–Trinajstić information content (AvgIpc) is 3.07. The third kappa shape index (κ3) is 2.10. The number of esters is 2.